The Hall–Kier alpha value is -2.58. The van der Waals surface area contributed by atoms with E-state index < -0.39 is 16.8 Å². The molecule has 0 bridgehead atoms. The molecule has 1 saturated heterocycles. The number of anilines is 1. The molecule has 1 aromatic carbocycles. The van der Waals surface area contributed by atoms with Gasteiger partial charge in [0.15, 0.2) is 5.69 Å². The summed E-state index contributed by atoms with van der Waals surface area (Å²) in [5, 5.41) is 15.0. The van der Waals surface area contributed by atoms with Crippen LogP contribution in [0.2, 0.25) is 0 Å². The van der Waals surface area contributed by atoms with Crippen LogP contribution in [0.1, 0.15) is 30.1 Å². The van der Waals surface area contributed by atoms with Gasteiger partial charge in [-0.15, -0.1) is 0 Å². The Kier molecular flexibility index (Phi) is 4.40. The zero-order valence-corrected chi connectivity index (χ0v) is 13.5. The lowest BCUT2D eigenvalue weighted by molar-refractivity contribution is -0.384. The van der Waals surface area contributed by atoms with Gasteiger partial charge in [-0.3, -0.25) is 14.8 Å². The fourth-order valence-corrected chi connectivity index (χ4v) is 3.13. The first-order valence-corrected chi connectivity index (χ1v) is 7.88. The topological polar surface area (TPSA) is 64.2 Å². The Morgan fingerprint density at radius 2 is 2.08 bits per heavy atom. The Morgan fingerprint density at radius 3 is 2.72 bits per heavy atom. The van der Waals surface area contributed by atoms with Crippen LogP contribution < -0.4 is 4.90 Å². The number of aromatic nitrogens is 2. The first-order valence-electron chi connectivity index (χ1n) is 7.88. The largest absolute Gasteiger partial charge is 0.435 e. The second-order valence-corrected chi connectivity index (χ2v) is 6.17. The average molecular weight is 354 g/mol. The number of benzene rings is 1. The van der Waals surface area contributed by atoms with Gasteiger partial charge in [0.1, 0.15) is 5.69 Å². The number of rotatable bonds is 3. The van der Waals surface area contributed by atoms with Crippen molar-refractivity contribution in [1.82, 2.24) is 9.78 Å². The Balaban J connectivity index is 1.85. The van der Waals surface area contributed by atoms with E-state index in [2.05, 4.69) is 5.10 Å². The molecule has 0 amide bonds. The van der Waals surface area contributed by atoms with Gasteiger partial charge in [0, 0.05) is 25.4 Å². The van der Waals surface area contributed by atoms with Crippen molar-refractivity contribution in [2.45, 2.75) is 32.0 Å². The minimum Gasteiger partial charge on any atom is -0.364 e. The number of piperidine rings is 1. The maximum Gasteiger partial charge on any atom is 0.435 e. The lowest BCUT2D eigenvalue weighted by Gasteiger charge is -2.34. The molecule has 0 radical (unpaired) electrons. The Bertz CT molecular complexity index is 788. The predicted molar refractivity (Wildman–Crippen MR) is 85.5 cm³/mol. The van der Waals surface area contributed by atoms with Crippen LogP contribution in [-0.4, -0.2) is 27.8 Å². The molecule has 1 aliphatic heterocycles. The van der Waals surface area contributed by atoms with Crippen LogP contribution in [0, 0.1) is 17.0 Å². The lowest BCUT2D eigenvalue weighted by Crippen LogP contribution is -2.37. The molecule has 6 nitrogen and oxygen atoms in total. The number of nitrogens with zero attached hydrogens (tertiary/aromatic N) is 4. The quantitative estimate of drug-likeness (QED) is 0.618. The number of nitro groups is 1. The van der Waals surface area contributed by atoms with Gasteiger partial charge in [0.25, 0.3) is 5.69 Å². The van der Waals surface area contributed by atoms with E-state index in [0.717, 1.165) is 18.1 Å². The molecule has 1 aromatic heterocycles. The number of alkyl halides is 3. The van der Waals surface area contributed by atoms with E-state index in [4.69, 9.17) is 0 Å². The summed E-state index contributed by atoms with van der Waals surface area (Å²) in [5.41, 5.74) is 0.359. The third-order valence-corrected chi connectivity index (χ3v) is 4.34. The van der Waals surface area contributed by atoms with Gasteiger partial charge in [-0.25, -0.2) is 0 Å². The summed E-state index contributed by atoms with van der Waals surface area (Å²) in [4.78, 5) is 12.7. The van der Waals surface area contributed by atoms with Gasteiger partial charge >= 0.3 is 6.18 Å². The third kappa shape index (κ3) is 3.59. The fraction of sp³-hybridized carbons (Fsp3) is 0.438. The second-order valence-electron chi connectivity index (χ2n) is 6.17. The van der Waals surface area contributed by atoms with E-state index in [1.165, 1.54) is 16.9 Å². The van der Waals surface area contributed by atoms with Crippen molar-refractivity contribution >= 4 is 11.4 Å². The molecule has 1 fully saturated rings. The van der Waals surface area contributed by atoms with E-state index in [1.807, 2.05) is 4.90 Å². The molecule has 0 aliphatic carbocycles. The average Bonchev–Trinajstić information content (AvgIpc) is 3.05. The summed E-state index contributed by atoms with van der Waals surface area (Å²) in [6.07, 6.45) is -1.76. The van der Waals surface area contributed by atoms with Gasteiger partial charge in [0.05, 0.1) is 11.0 Å². The summed E-state index contributed by atoms with van der Waals surface area (Å²) in [7, 11) is 0. The van der Waals surface area contributed by atoms with E-state index in [-0.39, 0.29) is 11.7 Å². The normalized spacial score (nSPS) is 18.4. The van der Waals surface area contributed by atoms with Crippen molar-refractivity contribution in [3.05, 3.63) is 51.8 Å². The molecule has 1 unspecified atom stereocenters. The SMILES string of the molecule is Cc1ccc(N2CCCC(n3ccc(C(F)(F)F)n3)C2)c([N+](=O)[O-])c1. The zero-order valence-electron chi connectivity index (χ0n) is 13.5. The maximum atomic E-state index is 12.7. The Morgan fingerprint density at radius 1 is 1.32 bits per heavy atom. The van der Waals surface area contributed by atoms with Gasteiger partial charge in [0.2, 0.25) is 0 Å². The molecule has 0 N–H and O–H groups in total. The minimum atomic E-state index is -4.48. The van der Waals surface area contributed by atoms with Crippen molar-refractivity contribution in [3.63, 3.8) is 0 Å². The molecular weight excluding hydrogens is 337 g/mol. The number of hydrogen-bond acceptors (Lipinski definition) is 4. The highest BCUT2D eigenvalue weighted by atomic mass is 19.4. The molecular formula is C16H17F3N4O2. The Labute approximate surface area is 142 Å². The lowest BCUT2D eigenvalue weighted by atomic mass is 10.0. The molecule has 1 aliphatic rings. The molecule has 134 valence electrons. The highest BCUT2D eigenvalue weighted by molar-refractivity contribution is 5.64. The monoisotopic (exact) mass is 354 g/mol. The summed E-state index contributed by atoms with van der Waals surface area (Å²) >= 11 is 0. The summed E-state index contributed by atoms with van der Waals surface area (Å²) in [6, 6.07) is 5.69. The van der Waals surface area contributed by atoms with Crippen LogP contribution in [0.4, 0.5) is 24.5 Å². The van der Waals surface area contributed by atoms with Gasteiger partial charge < -0.3 is 4.90 Å². The molecule has 2 aromatic rings. The first kappa shape index (κ1) is 17.2. The standard InChI is InChI=1S/C16H17F3N4O2/c1-11-4-5-13(14(9-11)23(24)25)21-7-2-3-12(10-21)22-8-6-15(20-22)16(17,18)19/h4-6,8-9,12H,2-3,7,10H2,1H3. The van der Waals surface area contributed by atoms with E-state index in [1.54, 1.807) is 19.1 Å². The summed E-state index contributed by atoms with van der Waals surface area (Å²) in [5.74, 6) is 0. The van der Waals surface area contributed by atoms with Crippen molar-refractivity contribution in [2.24, 2.45) is 0 Å². The van der Waals surface area contributed by atoms with Gasteiger partial charge in [-0.1, -0.05) is 6.07 Å². The molecule has 25 heavy (non-hydrogen) atoms. The van der Waals surface area contributed by atoms with E-state index in [9.17, 15) is 23.3 Å². The highest BCUT2D eigenvalue weighted by Crippen LogP contribution is 2.34. The second kappa shape index (κ2) is 6.38. The number of nitro benzene ring substituents is 1. The predicted octanol–water partition coefficient (Wildman–Crippen LogP) is 3.96. The molecule has 0 saturated carbocycles. The van der Waals surface area contributed by atoms with Crippen LogP contribution in [0.15, 0.2) is 30.5 Å². The van der Waals surface area contributed by atoms with Gasteiger partial charge in [-0.2, -0.15) is 18.3 Å². The molecule has 1 atom stereocenters. The van der Waals surface area contributed by atoms with Crippen LogP contribution in [0.3, 0.4) is 0 Å². The number of aryl methyl sites for hydroxylation is 1. The summed E-state index contributed by atoms with van der Waals surface area (Å²) in [6.45, 7) is 2.77. The number of hydrogen-bond donors (Lipinski definition) is 0. The third-order valence-electron chi connectivity index (χ3n) is 4.34. The van der Waals surface area contributed by atoms with Crippen LogP contribution in [-0.2, 0) is 6.18 Å². The summed E-state index contributed by atoms with van der Waals surface area (Å²) < 4.78 is 39.5. The molecule has 9 heteroatoms. The van der Waals surface area contributed by atoms with Crippen LogP contribution in [0.5, 0.6) is 0 Å². The fourth-order valence-electron chi connectivity index (χ4n) is 3.13. The first-order chi connectivity index (χ1) is 11.8. The smallest absolute Gasteiger partial charge is 0.364 e. The number of halogens is 3. The molecule has 2 heterocycles. The van der Waals surface area contributed by atoms with E-state index >= 15 is 0 Å². The van der Waals surface area contributed by atoms with Gasteiger partial charge in [-0.05, 0) is 37.5 Å². The zero-order chi connectivity index (χ0) is 18.2. The highest BCUT2D eigenvalue weighted by Gasteiger charge is 2.35. The van der Waals surface area contributed by atoms with Crippen molar-refractivity contribution in [2.75, 3.05) is 18.0 Å². The van der Waals surface area contributed by atoms with Crippen LogP contribution >= 0.6 is 0 Å². The minimum absolute atomic E-state index is 0.0112. The van der Waals surface area contributed by atoms with E-state index in [0.29, 0.717) is 25.2 Å². The van der Waals surface area contributed by atoms with Crippen molar-refractivity contribution in [1.29, 1.82) is 0 Å². The van der Waals surface area contributed by atoms with Crippen LogP contribution in [0.25, 0.3) is 0 Å². The molecule has 3 rings (SSSR count). The maximum absolute atomic E-state index is 12.7. The molecule has 0 spiro atoms. The van der Waals surface area contributed by atoms with Crippen molar-refractivity contribution in [3.8, 4) is 0 Å². The van der Waals surface area contributed by atoms with Crippen molar-refractivity contribution < 1.29 is 18.1 Å².